The number of hydrazine groups is 1. The van der Waals surface area contributed by atoms with Gasteiger partial charge in [0.25, 0.3) is 0 Å². The second kappa shape index (κ2) is 7.77. The number of benzene rings is 1. The number of thiocarbonyl (C=S) groups is 1. The second-order valence-electron chi connectivity index (χ2n) is 5.92. The number of carbonyl (C=O) groups excluding carboxylic acids is 1. The van der Waals surface area contributed by atoms with Crippen LogP contribution in [0, 0.1) is 0 Å². The maximum atomic E-state index is 11.5. The molecule has 4 N–H and O–H groups in total. The van der Waals surface area contributed by atoms with Gasteiger partial charge in [0.2, 0.25) is 0 Å². The Labute approximate surface area is 145 Å². The molecule has 10 heteroatoms. The summed E-state index contributed by atoms with van der Waals surface area (Å²) in [5.74, 6) is -0.206. The van der Waals surface area contributed by atoms with Crippen LogP contribution in [0.4, 0.5) is 5.69 Å². The Morgan fingerprint density at radius 2 is 1.87 bits per heavy atom. The van der Waals surface area contributed by atoms with E-state index < -0.39 is 28.5 Å². The predicted molar refractivity (Wildman–Crippen MR) is 97.0 cm³/mol. The molecule has 0 aliphatic carbocycles. The van der Waals surface area contributed by atoms with Crippen LogP contribution in [0.5, 0.6) is 0 Å². The molecule has 0 saturated heterocycles. The number of anilines is 1. The molecule has 1 aromatic carbocycles. The summed E-state index contributed by atoms with van der Waals surface area (Å²) < 4.78 is 33.1. The van der Waals surface area contributed by atoms with Crippen LogP contribution in [0.1, 0.15) is 13.3 Å². The average Bonchev–Trinajstić information content (AvgIpc) is 2.42. The Morgan fingerprint density at radius 3 is 2.35 bits per heavy atom. The molecule has 7 nitrogen and oxygen atoms in total. The van der Waals surface area contributed by atoms with Gasteiger partial charge in [-0.25, -0.2) is 0 Å². The summed E-state index contributed by atoms with van der Waals surface area (Å²) in [6, 6.07) is 4.57. The number of rotatable bonds is 4. The number of nitrogens with one attached hydrogen (secondary N) is 3. The summed E-state index contributed by atoms with van der Waals surface area (Å²) >= 11 is 2.26. The molecule has 0 fully saturated rings. The Bertz CT molecular complexity index is 714. The summed E-state index contributed by atoms with van der Waals surface area (Å²) in [5.41, 5.74) is 5.56. The van der Waals surface area contributed by atoms with Crippen molar-refractivity contribution >= 4 is 61.0 Å². The zero-order valence-corrected chi connectivity index (χ0v) is 17.9. The second-order valence-corrected chi connectivity index (χ2v) is 22.1. The van der Waals surface area contributed by atoms with Gasteiger partial charge in [-0.2, -0.15) is 0 Å². The molecule has 0 aromatic heterocycles. The third-order valence-corrected chi connectivity index (χ3v) is 10.4. The van der Waals surface area contributed by atoms with E-state index in [9.17, 15) is 17.8 Å². The van der Waals surface area contributed by atoms with Gasteiger partial charge in [-0.1, -0.05) is 0 Å². The van der Waals surface area contributed by atoms with Crippen LogP contribution >= 0.6 is 12.2 Å². The fourth-order valence-corrected chi connectivity index (χ4v) is 9.73. The van der Waals surface area contributed by atoms with Crippen LogP contribution in [0.25, 0.3) is 0 Å². The quantitative estimate of drug-likeness (QED) is 0.229. The average molecular weight is 466 g/mol. The minimum atomic E-state index is -4.27. The third kappa shape index (κ3) is 6.24. The zero-order valence-electron chi connectivity index (χ0n) is 13.4. The molecule has 0 bridgehead atoms. The fourth-order valence-electron chi connectivity index (χ4n) is 1.80. The van der Waals surface area contributed by atoms with Gasteiger partial charge in [0.15, 0.2) is 0 Å². The number of hydrogen-bond acceptors (Lipinski definition) is 4. The van der Waals surface area contributed by atoms with Gasteiger partial charge in [-0.3, -0.25) is 0 Å². The van der Waals surface area contributed by atoms with Crippen molar-refractivity contribution in [1.82, 2.24) is 10.9 Å². The van der Waals surface area contributed by atoms with E-state index >= 15 is 0 Å². The van der Waals surface area contributed by atoms with Crippen molar-refractivity contribution in [3.8, 4) is 0 Å². The van der Waals surface area contributed by atoms with Gasteiger partial charge in [-0.15, -0.1) is 0 Å². The van der Waals surface area contributed by atoms with Crippen LogP contribution in [0.15, 0.2) is 23.1 Å². The number of amides is 1. The topological polar surface area (TPSA) is 108 Å². The van der Waals surface area contributed by atoms with Crippen LogP contribution in [0.2, 0.25) is 14.8 Å². The van der Waals surface area contributed by atoms with E-state index in [-0.39, 0.29) is 15.9 Å². The first-order chi connectivity index (χ1) is 10.4. The molecule has 128 valence electrons. The van der Waals surface area contributed by atoms with Gasteiger partial charge in [-0.05, 0) is 0 Å². The van der Waals surface area contributed by atoms with Gasteiger partial charge >= 0.3 is 146 Å². The molecule has 0 unspecified atom stereocenters. The van der Waals surface area contributed by atoms with Gasteiger partial charge in [0, 0.05) is 0 Å². The molecule has 0 aliphatic rings. The molecule has 23 heavy (non-hydrogen) atoms. The van der Waals surface area contributed by atoms with Crippen molar-refractivity contribution in [2.45, 2.75) is 33.1 Å². The molecule has 1 aromatic rings. The Hall–Kier alpha value is -0.911. The maximum absolute atomic E-state index is 11.5. The monoisotopic (exact) mass is 467 g/mol. The molecule has 0 spiro atoms. The summed E-state index contributed by atoms with van der Waals surface area (Å²) in [5, 5.41) is 3.06. The molecule has 0 radical (unpaired) electrons. The molecular weight excluding hydrogens is 445 g/mol. The van der Waals surface area contributed by atoms with Crippen molar-refractivity contribution in [3.63, 3.8) is 0 Å². The number of hydrogen-bond donors (Lipinski definition) is 4. The van der Waals surface area contributed by atoms with Crippen LogP contribution in [-0.2, 0) is 14.9 Å². The van der Waals surface area contributed by atoms with E-state index in [2.05, 4.69) is 16.2 Å². The van der Waals surface area contributed by atoms with Crippen molar-refractivity contribution < 1.29 is 17.8 Å². The molecule has 1 amide bonds. The Balaban J connectivity index is 3.03. The number of carbonyl (C=O) groups is 1. The van der Waals surface area contributed by atoms with E-state index in [4.69, 9.17) is 12.2 Å². The first kappa shape index (κ1) is 20.1. The zero-order chi connectivity index (χ0) is 17.8. The van der Waals surface area contributed by atoms with Crippen molar-refractivity contribution in [2.75, 3.05) is 5.32 Å². The molecule has 0 atom stereocenters. The SMILES string of the molecule is CCC(=O)NNC(=S)Nc1ccc(S(=O)(=O)O)[c]([Sn]([CH3])([CH3])[CH3])c1. The predicted octanol–water partition coefficient (Wildman–Crippen LogP) is 1.21. The fraction of sp³-hybridized carbons (Fsp3) is 0.385. The van der Waals surface area contributed by atoms with Crippen molar-refractivity contribution in [1.29, 1.82) is 0 Å². The standard InChI is InChI=1S/C10H12N3O4S2.3CH3.Sn/c1-2-9(14)12-13-10(18)11-7-3-5-8(6-4-7)19(15,16)17;;;;/h3-5H,2H2,1H3,(H,12,14)(H2,11,13,18)(H,15,16,17);3*1H3;. The Kier molecular flexibility index (Phi) is 6.80. The summed E-state index contributed by atoms with van der Waals surface area (Å²) in [6.45, 7) is 1.71. The van der Waals surface area contributed by atoms with Crippen LogP contribution in [0.3, 0.4) is 0 Å². The summed E-state index contributed by atoms with van der Waals surface area (Å²) in [7, 11) is -4.27. The molecule has 0 heterocycles. The third-order valence-electron chi connectivity index (χ3n) is 2.96. The molecule has 0 aliphatic heterocycles. The van der Waals surface area contributed by atoms with E-state index in [1.807, 2.05) is 14.8 Å². The normalized spacial score (nSPS) is 11.7. The van der Waals surface area contributed by atoms with Crippen molar-refractivity contribution in [2.24, 2.45) is 0 Å². The first-order valence-electron chi connectivity index (χ1n) is 6.93. The van der Waals surface area contributed by atoms with Gasteiger partial charge in [0.1, 0.15) is 0 Å². The van der Waals surface area contributed by atoms with Crippen LogP contribution in [-0.4, -0.2) is 42.4 Å². The van der Waals surface area contributed by atoms with E-state index in [0.717, 1.165) is 0 Å². The van der Waals surface area contributed by atoms with Gasteiger partial charge < -0.3 is 0 Å². The van der Waals surface area contributed by atoms with Crippen molar-refractivity contribution in [3.05, 3.63) is 18.2 Å². The minimum absolute atomic E-state index is 0.0514. The molecule has 0 saturated carbocycles. The van der Waals surface area contributed by atoms with E-state index in [0.29, 0.717) is 15.7 Å². The first-order valence-corrected chi connectivity index (χ1v) is 18.8. The van der Waals surface area contributed by atoms with E-state index in [1.54, 1.807) is 13.0 Å². The van der Waals surface area contributed by atoms with E-state index in [1.165, 1.54) is 12.1 Å². The van der Waals surface area contributed by atoms with Gasteiger partial charge in [0.05, 0.1) is 0 Å². The van der Waals surface area contributed by atoms with Crippen LogP contribution < -0.4 is 19.7 Å². The Morgan fingerprint density at radius 1 is 1.26 bits per heavy atom. The molecule has 1 rings (SSSR count). The summed E-state index contributed by atoms with van der Waals surface area (Å²) in [6.07, 6.45) is 0.321. The molecular formula is C13H21N3O4S2Sn. The summed E-state index contributed by atoms with van der Waals surface area (Å²) in [4.78, 5) is 17.2.